The highest BCUT2D eigenvalue weighted by atomic mass is 32.2. The Morgan fingerprint density at radius 2 is 2.50 bits per heavy atom. The molecule has 4 N–H and O–H groups in total. The standard InChI is InChI=1S/C6H11NO4S/c8-1-4(9)5-7-3(2-12-5)6(10)11/h3-5,7-9H,1-2H2,(H,10,11)/t3-,4-,5+/m0/s1. The number of aliphatic hydroxyl groups is 2. The third-order valence-corrected chi connectivity index (χ3v) is 3.17. The van der Waals surface area contributed by atoms with Gasteiger partial charge in [0.25, 0.3) is 0 Å². The van der Waals surface area contributed by atoms with E-state index in [-0.39, 0.29) is 12.0 Å². The molecule has 0 radical (unpaired) electrons. The molecule has 12 heavy (non-hydrogen) atoms. The highest BCUT2D eigenvalue weighted by Crippen LogP contribution is 2.14. The van der Waals surface area contributed by atoms with Gasteiger partial charge in [-0.3, -0.25) is 0 Å². The zero-order valence-electron chi connectivity index (χ0n) is 6.34. The summed E-state index contributed by atoms with van der Waals surface area (Å²) in [7, 11) is 0. The Balaban J connectivity index is 2.40. The summed E-state index contributed by atoms with van der Waals surface area (Å²) in [4.78, 5) is 10.4. The molecular formula is C6H11NO4S. The number of thioether (sulfide) groups is 1. The van der Waals surface area contributed by atoms with E-state index in [2.05, 4.69) is 0 Å². The van der Waals surface area contributed by atoms with Crippen molar-refractivity contribution in [3.63, 3.8) is 0 Å². The summed E-state index contributed by atoms with van der Waals surface area (Å²) in [5.74, 6) is -0.695. The predicted molar refractivity (Wildman–Crippen MR) is 40.1 cm³/mol. The summed E-state index contributed by atoms with van der Waals surface area (Å²) in [5, 5.41) is 29.3. The quantitative estimate of drug-likeness (QED) is 0.425. The van der Waals surface area contributed by atoms with Crippen LogP contribution in [-0.4, -0.2) is 46.1 Å². The molecule has 1 rings (SSSR count). The van der Waals surface area contributed by atoms with Crippen LogP contribution in [0, 0.1) is 0 Å². The van der Waals surface area contributed by atoms with Crippen LogP contribution in [-0.2, 0) is 4.79 Å². The zero-order valence-corrected chi connectivity index (χ0v) is 7.16. The smallest absolute Gasteiger partial charge is 0.162 e. The number of carbonyl (C=O) groups excluding carboxylic acids is 1. The number of aliphatic hydroxyl groups excluding tert-OH is 2. The fraction of sp³-hybridized carbons (Fsp3) is 0.833. The first-order chi connectivity index (χ1) is 5.65. The summed E-state index contributed by atoms with van der Waals surface area (Å²) in [6.07, 6.45) is -0.862. The zero-order chi connectivity index (χ0) is 9.14. The monoisotopic (exact) mass is 193 g/mol. The van der Waals surface area contributed by atoms with Crippen LogP contribution in [0.5, 0.6) is 0 Å². The third-order valence-electron chi connectivity index (χ3n) is 1.76. The number of rotatable bonds is 3. The molecule has 1 fully saturated rings. The van der Waals surface area contributed by atoms with Crippen LogP contribution < -0.4 is 10.4 Å². The summed E-state index contributed by atoms with van der Waals surface area (Å²) >= 11 is 1.33. The normalized spacial score (nSPS) is 31.8. The van der Waals surface area contributed by atoms with Crippen LogP contribution in [0.4, 0.5) is 0 Å². The molecule has 1 aliphatic rings. The van der Waals surface area contributed by atoms with Crippen molar-refractivity contribution >= 4 is 17.7 Å². The lowest BCUT2D eigenvalue weighted by atomic mass is 10.3. The molecular weight excluding hydrogens is 182 g/mol. The molecule has 0 aromatic carbocycles. The first-order valence-electron chi connectivity index (χ1n) is 3.61. The fourth-order valence-corrected chi connectivity index (χ4v) is 2.33. The van der Waals surface area contributed by atoms with E-state index < -0.39 is 18.1 Å². The van der Waals surface area contributed by atoms with Crippen molar-refractivity contribution < 1.29 is 25.4 Å². The Hall–Kier alpha value is -0.300. The second-order valence-corrected chi connectivity index (χ2v) is 3.88. The molecule has 0 amide bonds. The molecule has 1 saturated heterocycles. The van der Waals surface area contributed by atoms with Gasteiger partial charge in [-0.2, -0.15) is 0 Å². The Bertz CT molecular complexity index is 177. The SMILES string of the molecule is O=C([O-])[C@@H]1CS[C@H]([C@@H](O)CO)[NH2+]1. The van der Waals surface area contributed by atoms with E-state index >= 15 is 0 Å². The molecule has 5 nitrogen and oxygen atoms in total. The number of quaternary nitrogens is 1. The number of carboxylic acid groups (broad SMARTS) is 1. The van der Waals surface area contributed by atoms with Crippen molar-refractivity contribution in [2.24, 2.45) is 0 Å². The highest BCUT2D eigenvalue weighted by molar-refractivity contribution is 8.00. The summed E-state index contributed by atoms with van der Waals surface area (Å²) < 4.78 is 0. The van der Waals surface area contributed by atoms with E-state index in [1.165, 1.54) is 17.1 Å². The van der Waals surface area contributed by atoms with Gasteiger partial charge in [0.15, 0.2) is 5.37 Å². The Kier molecular flexibility index (Phi) is 3.33. The molecule has 70 valence electrons. The first-order valence-corrected chi connectivity index (χ1v) is 4.66. The van der Waals surface area contributed by atoms with Crippen LogP contribution >= 0.6 is 11.8 Å². The second-order valence-electron chi connectivity index (χ2n) is 2.67. The lowest BCUT2D eigenvalue weighted by molar-refractivity contribution is -0.690. The molecule has 1 aliphatic heterocycles. The van der Waals surface area contributed by atoms with Crippen LogP contribution in [0.1, 0.15) is 0 Å². The molecule has 6 heteroatoms. The van der Waals surface area contributed by atoms with Gasteiger partial charge < -0.3 is 25.4 Å². The van der Waals surface area contributed by atoms with Crippen molar-refractivity contribution in [2.45, 2.75) is 17.5 Å². The maximum Gasteiger partial charge on any atom is 0.162 e. The van der Waals surface area contributed by atoms with Gasteiger partial charge >= 0.3 is 0 Å². The van der Waals surface area contributed by atoms with Crippen molar-refractivity contribution in [2.75, 3.05) is 12.4 Å². The maximum atomic E-state index is 10.4. The first kappa shape index (κ1) is 9.79. The molecule has 0 unspecified atom stereocenters. The number of carbonyl (C=O) groups is 1. The molecule has 0 bridgehead atoms. The number of nitrogens with two attached hydrogens (primary N) is 1. The lowest BCUT2D eigenvalue weighted by Gasteiger charge is -2.13. The number of hydrogen-bond donors (Lipinski definition) is 3. The average Bonchev–Trinajstić information content (AvgIpc) is 2.51. The highest BCUT2D eigenvalue weighted by Gasteiger charge is 2.34. The van der Waals surface area contributed by atoms with E-state index in [4.69, 9.17) is 10.2 Å². The van der Waals surface area contributed by atoms with Gasteiger partial charge in [-0.15, -0.1) is 0 Å². The topological polar surface area (TPSA) is 97.2 Å². The number of aliphatic carboxylic acids is 1. The van der Waals surface area contributed by atoms with Crippen molar-refractivity contribution in [3.05, 3.63) is 0 Å². The molecule has 0 aliphatic carbocycles. The molecule has 0 saturated carbocycles. The number of hydrogen-bond acceptors (Lipinski definition) is 5. The molecule has 3 atom stereocenters. The summed E-state index contributed by atoms with van der Waals surface area (Å²) in [6.45, 7) is -0.339. The van der Waals surface area contributed by atoms with Crippen molar-refractivity contribution in [1.82, 2.24) is 0 Å². The number of carboxylic acids is 1. The van der Waals surface area contributed by atoms with Crippen molar-refractivity contribution in [1.29, 1.82) is 0 Å². The van der Waals surface area contributed by atoms with Crippen LogP contribution in [0.25, 0.3) is 0 Å². The molecule has 0 aromatic heterocycles. The van der Waals surface area contributed by atoms with Gasteiger partial charge in [0.2, 0.25) is 0 Å². The molecule has 1 heterocycles. The third kappa shape index (κ3) is 2.10. The fourth-order valence-electron chi connectivity index (χ4n) is 1.04. The minimum absolute atomic E-state index is 0.280. The van der Waals surface area contributed by atoms with Crippen LogP contribution in [0.15, 0.2) is 0 Å². The van der Waals surface area contributed by atoms with E-state index in [1.54, 1.807) is 0 Å². The Morgan fingerprint density at radius 1 is 1.83 bits per heavy atom. The van der Waals surface area contributed by atoms with Gasteiger partial charge in [-0.1, -0.05) is 11.8 Å². The van der Waals surface area contributed by atoms with E-state index in [9.17, 15) is 9.90 Å². The lowest BCUT2D eigenvalue weighted by Crippen LogP contribution is -2.96. The molecule has 0 aromatic rings. The second kappa shape index (κ2) is 4.08. The van der Waals surface area contributed by atoms with Crippen LogP contribution in [0.3, 0.4) is 0 Å². The minimum atomic E-state index is -1.12. The van der Waals surface area contributed by atoms with E-state index in [0.717, 1.165) is 0 Å². The van der Waals surface area contributed by atoms with Gasteiger partial charge in [0.05, 0.1) is 12.4 Å². The summed E-state index contributed by atoms with van der Waals surface area (Å²) in [5.41, 5.74) is 0. The Labute approximate surface area is 73.8 Å². The van der Waals surface area contributed by atoms with E-state index in [1.807, 2.05) is 0 Å². The van der Waals surface area contributed by atoms with Gasteiger partial charge in [-0.05, 0) is 0 Å². The molecule has 0 spiro atoms. The van der Waals surface area contributed by atoms with Gasteiger partial charge in [0.1, 0.15) is 18.1 Å². The predicted octanol–water partition coefficient (Wildman–Crippen LogP) is -3.91. The van der Waals surface area contributed by atoms with Crippen molar-refractivity contribution in [3.8, 4) is 0 Å². The van der Waals surface area contributed by atoms with Gasteiger partial charge in [0, 0.05) is 0 Å². The Morgan fingerprint density at radius 3 is 2.92 bits per heavy atom. The average molecular weight is 193 g/mol. The minimum Gasteiger partial charge on any atom is -0.544 e. The van der Waals surface area contributed by atoms with Crippen LogP contribution in [0.2, 0.25) is 0 Å². The van der Waals surface area contributed by atoms with Gasteiger partial charge in [-0.25, -0.2) is 0 Å². The summed E-state index contributed by atoms with van der Waals surface area (Å²) in [6, 6.07) is -0.596. The van der Waals surface area contributed by atoms with E-state index in [0.29, 0.717) is 5.75 Å². The maximum absolute atomic E-state index is 10.4. The largest absolute Gasteiger partial charge is 0.544 e.